The van der Waals surface area contributed by atoms with E-state index in [0.717, 1.165) is 18.2 Å². The second-order valence-electron chi connectivity index (χ2n) is 2.82. The van der Waals surface area contributed by atoms with Gasteiger partial charge in [0.1, 0.15) is 0 Å². The highest BCUT2D eigenvalue weighted by molar-refractivity contribution is 9.09. The summed E-state index contributed by atoms with van der Waals surface area (Å²) in [7, 11) is -2.96. The van der Waals surface area contributed by atoms with Crippen molar-refractivity contribution in [2.45, 2.75) is 18.9 Å². The van der Waals surface area contributed by atoms with Crippen LogP contribution in [0, 0.1) is 0 Å². The molecule has 1 fully saturated rings. The molecule has 0 amide bonds. The van der Waals surface area contributed by atoms with E-state index in [0.29, 0.717) is 6.54 Å². The van der Waals surface area contributed by atoms with E-state index in [2.05, 4.69) is 15.9 Å². The first kappa shape index (κ1) is 9.48. The Labute approximate surface area is 75.9 Å². The lowest BCUT2D eigenvalue weighted by atomic mass is 10.3. The third-order valence-corrected chi connectivity index (χ3v) is 4.01. The van der Waals surface area contributed by atoms with Crippen LogP contribution in [0.25, 0.3) is 0 Å². The fourth-order valence-electron chi connectivity index (χ4n) is 1.40. The molecule has 0 radical (unpaired) electrons. The number of nitrogens with zero attached hydrogens (tertiary/aromatic N) is 1. The Morgan fingerprint density at radius 3 is 2.64 bits per heavy atom. The van der Waals surface area contributed by atoms with E-state index in [1.165, 1.54) is 6.26 Å². The minimum Gasteiger partial charge on any atom is -0.212 e. The third kappa shape index (κ3) is 2.16. The van der Waals surface area contributed by atoms with Crippen LogP contribution in [0.5, 0.6) is 0 Å². The Bertz CT molecular complexity index is 227. The standard InChI is InChI=1S/C6H12BrNO2S/c1-11(9,10)8-4-2-3-6(8)5-7/h6H,2-5H2,1H3. The molecule has 0 aromatic heterocycles. The number of sulfonamides is 1. The first-order valence-corrected chi connectivity index (χ1v) is 6.55. The maximum absolute atomic E-state index is 11.1. The van der Waals surface area contributed by atoms with Gasteiger partial charge in [-0.1, -0.05) is 15.9 Å². The van der Waals surface area contributed by atoms with E-state index >= 15 is 0 Å². The molecule has 11 heavy (non-hydrogen) atoms. The van der Waals surface area contributed by atoms with Gasteiger partial charge in [0.25, 0.3) is 0 Å². The summed E-state index contributed by atoms with van der Waals surface area (Å²) < 4.78 is 23.8. The van der Waals surface area contributed by atoms with Crippen LogP contribution in [0.4, 0.5) is 0 Å². The summed E-state index contributed by atoms with van der Waals surface area (Å²) in [4.78, 5) is 0. The van der Waals surface area contributed by atoms with Crippen LogP contribution in [0.15, 0.2) is 0 Å². The third-order valence-electron chi connectivity index (χ3n) is 1.93. The van der Waals surface area contributed by atoms with Crippen LogP contribution in [0.1, 0.15) is 12.8 Å². The summed E-state index contributed by atoms with van der Waals surface area (Å²) in [5.41, 5.74) is 0. The molecule has 0 saturated carbocycles. The van der Waals surface area contributed by atoms with Crippen molar-refractivity contribution in [1.82, 2.24) is 4.31 Å². The summed E-state index contributed by atoms with van der Waals surface area (Å²) in [6.45, 7) is 0.690. The molecule has 1 atom stereocenters. The minimum absolute atomic E-state index is 0.185. The van der Waals surface area contributed by atoms with Gasteiger partial charge in [-0.25, -0.2) is 8.42 Å². The first-order valence-electron chi connectivity index (χ1n) is 3.58. The molecule has 66 valence electrons. The van der Waals surface area contributed by atoms with Gasteiger partial charge >= 0.3 is 0 Å². The summed E-state index contributed by atoms with van der Waals surface area (Å²) >= 11 is 3.30. The molecule has 5 heteroatoms. The number of halogens is 1. The van der Waals surface area contributed by atoms with Crippen LogP contribution < -0.4 is 0 Å². The molecular formula is C6H12BrNO2S. The topological polar surface area (TPSA) is 37.4 Å². The van der Waals surface area contributed by atoms with E-state index in [1.807, 2.05) is 0 Å². The highest BCUT2D eigenvalue weighted by Crippen LogP contribution is 2.21. The van der Waals surface area contributed by atoms with Crippen LogP contribution in [0.2, 0.25) is 0 Å². The number of hydrogen-bond acceptors (Lipinski definition) is 2. The van der Waals surface area contributed by atoms with Gasteiger partial charge in [0.15, 0.2) is 0 Å². The summed E-state index contributed by atoms with van der Waals surface area (Å²) in [6.07, 6.45) is 3.25. The number of alkyl halides is 1. The van der Waals surface area contributed by atoms with Gasteiger partial charge in [-0.05, 0) is 12.8 Å². The molecule has 1 aliphatic rings. The monoisotopic (exact) mass is 241 g/mol. The van der Waals surface area contributed by atoms with E-state index in [1.54, 1.807) is 4.31 Å². The lowest BCUT2D eigenvalue weighted by Crippen LogP contribution is -2.35. The Hall–Kier alpha value is 0.390. The summed E-state index contributed by atoms with van der Waals surface area (Å²) in [6, 6.07) is 0.185. The smallest absolute Gasteiger partial charge is 0.211 e. The Morgan fingerprint density at radius 1 is 1.64 bits per heavy atom. The normalized spacial score (nSPS) is 27.6. The zero-order chi connectivity index (χ0) is 8.48. The van der Waals surface area contributed by atoms with E-state index in [9.17, 15) is 8.42 Å². The van der Waals surface area contributed by atoms with Gasteiger partial charge in [0.05, 0.1) is 6.26 Å². The van der Waals surface area contributed by atoms with Gasteiger partial charge in [-0.15, -0.1) is 0 Å². The summed E-state index contributed by atoms with van der Waals surface area (Å²) in [5.74, 6) is 0. The highest BCUT2D eigenvalue weighted by atomic mass is 79.9. The van der Waals surface area contributed by atoms with Crippen LogP contribution >= 0.6 is 15.9 Å². The van der Waals surface area contributed by atoms with Crippen molar-refractivity contribution in [3.8, 4) is 0 Å². The molecular weight excluding hydrogens is 230 g/mol. The average molecular weight is 242 g/mol. The lowest BCUT2D eigenvalue weighted by Gasteiger charge is -2.19. The maximum Gasteiger partial charge on any atom is 0.211 e. The lowest BCUT2D eigenvalue weighted by molar-refractivity contribution is 0.418. The largest absolute Gasteiger partial charge is 0.212 e. The SMILES string of the molecule is CS(=O)(=O)N1CCCC1CBr. The first-order chi connectivity index (χ1) is 5.05. The molecule has 1 aliphatic heterocycles. The van der Waals surface area contributed by atoms with Crippen molar-refractivity contribution < 1.29 is 8.42 Å². The molecule has 0 N–H and O–H groups in total. The number of rotatable bonds is 2. The maximum atomic E-state index is 11.1. The highest BCUT2D eigenvalue weighted by Gasteiger charge is 2.29. The molecule has 0 aromatic rings. The van der Waals surface area contributed by atoms with Crippen LogP contribution in [-0.2, 0) is 10.0 Å². The Kier molecular flexibility index (Phi) is 2.94. The van der Waals surface area contributed by atoms with Gasteiger partial charge in [0, 0.05) is 17.9 Å². The Morgan fingerprint density at radius 2 is 2.27 bits per heavy atom. The van der Waals surface area contributed by atoms with E-state index < -0.39 is 10.0 Å². The van der Waals surface area contributed by atoms with Gasteiger partial charge in [-0.2, -0.15) is 4.31 Å². The molecule has 0 aliphatic carbocycles. The predicted octanol–water partition coefficient (Wildman–Crippen LogP) is 0.805. The van der Waals surface area contributed by atoms with Crippen LogP contribution in [0.3, 0.4) is 0 Å². The van der Waals surface area contributed by atoms with Gasteiger partial charge < -0.3 is 0 Å². The van der Waals surface area contributed by atoms with Crippen molar-refractivity contribution in [2.75, 3.05) is 18.1 Å². The zero-order valence-corrected chi connectivity index (χ0v) is 8.86. The van der Waals surface area contributed by atoms with E-state index in [4.69, 9.17) is 0 Å². The van der Waals surface area contributed by atoms with Crippen molar-refractivity contribution in [1.29, 1.82) is 0 Å². The van der Waals surface area contributed by atoms with Gasteiger partial charge in [-0.3, -0.25) is 0 Å². The van der Waals surface area contributed by atoms with Crippen molar-refractivity contribution in [3.63, 3.8) is 0 Å². The van der Waals surface area contributed by atoms with Crippen molar-refractivity contribution in [3.05, 3.63) is 0 Å². The van der Waals surface area contributed by atoms with Gasteiger partial charge in [0.2, 0.25) is 10.0 Å². The molecule has 0 aromatic carbocycles. The second kappa shape index (κ2) is 3.41. The second-order valence-corrected chi connectivity index (χ2v) is 5.41. The number of hydrogen-bond donors (Lipinski definition) is 0. The molecule has 0 bridgehead atoms. The predicted molar refractivity (Wildman–Crippen MR) is 48.4 cm³/mol. The fourth-order valence-corrected chi connectivity index (χ4v) is 3.45. The molecule has 1 unspecified atom stereocenters. The summed E-state index contributed by atoms with van der Waals surface area (Å²) in [5, 5.41) is 0.750. The Balaban J connectivity index is 2.72. The zero-order valence-electron chi connectivity index (χ0n) is 6.46. The molecule has 1 rings (SSSR count). The molecule has 3 nitrogen and oxygen atoms in total. The molecule has 1 saturated heterocycles. The minimum atomic E-state index is -2.96. The van der Waals surface area contributed by atoms with Crippen molar-refractivity contribution >= 4 is 26.0 Å². The average Bonchev–Trinajstić information content (AvgIpc) is 2.31. The fraction of sp³-hybridized carbons (Fsp3) is 1.00. The molecule has 1 heterocycles. The quantitative estimate of drug-likeness (QED) is 0.672. The van der Waals surface area contributed by atoms with Crippen LogP contribution in [-0.4, -0.2) is 36.9 Å². The molecule has 0 spiro atoms. The van der Waals surface area contributed by atoms with Crippen molar-refractivity contribution in [2.24, 2.45) is 0 Å². The van der Waals surface area contributed by atoms with E-state index in [-0.39, 0.29) is 6.04 Å².